The Morgan fingerprint density at radius 1 is 0.926 bits per heavy atom. The van der Waals surface area contributed by atoms with E-state index in [1.807, 2.05) is 14.1 Å². The minimum Gasteiger partial charge on any atom is -0.388 e. The topological polar surface area (TPSA) is 40.2 Å². The Hall–Kier alpha value is -3.33. The second-order valence-electron chi connectivity index (χ2n) is 6.64. The number of nitrogens with one attached hydrogen (secondary N) is 2. The number of hydrogen-bond acceptors (Lipinski definition) is 2. The highest BCUT2D eigenvalue weighted by Crippen LogP contribution is 2.36. The maximum Gasteiger partial charge on any atom is 0.0571 e. The summed E-state index contributed by atoms with van der Waals surface area (Å²) < 4.78 is 0. The third-order valence-corrected chi connectivity index (χ3v) is 5.02. The van der Waals surface area contributed by atoms with Gasteiger partial charge in [-0.3, -0.25) is 4.99 Å². The molecule has 3 nitrogen and oxygen atoms in total. The number of hydrogen-bond donors (Lipinski definition) is 2. The summed E-state index contributed by atoms with van der Waals surface area (Å²) in [6.07, 6.45) is 8.46. The Bertz CT molecular complexity index is 1090. The Balaban J connectivity index is 1.99. The minimum atomic E-state index is 0.985. The molecule has 3 heteroatoms. The Labute approximate surface area is 159 Å². The maximum absolute atomic E-state index is 4.27. The first-order valence-electron chi connectivity index (χ1n) is 9.14. The van der Waals surface area contributed by atoms with Crippen LogP contribution in [0.5, 0.6) is 0 Å². The summed E-state index contributed by atoms with van der Waals surface area (Å²) in [5.74, 6) is 0. The minimum absolute atomic E-state index is 0.985. The third kappa shape index (κ3) is 3.13. The molecule has 0 fully saturated rings. The van der Waals surface area contributed by atoms with Gasteiger partial charge in [0.15, 0.2) is 0 Å². The van der Waals surface area contributed by atoms with Gasteiger partial charge in [-0.2, -0.15) is 0 Å². The van der Waals surface area contributed by atoms with E-state index in [2.05, 4.69) is 95.1 Å². The van der Waals surface area contributed by atoms with Crippen molar-refractivity contribution >= 4 is 27.9 Å². The third-order valence-electron chi connectivity index (χ3n) is 5.02. The molecule has 0 saturated heterocycles. The lowest BCUT2D eigenvalue weighted by Gasteiger charge is -2.15. The quantitative estimate of drug-likeness (QED) is 0.640. The average molecular weight is 353 g/mol. The van der Waals surface area contributed by atoms with E-state index in [1.165, 1.54) is 33.4 Å². The van der Waals surface area contributed by atoms with Crippen molar-refractivity contribution in [3.63, 3.8) is 0 Å². The summed E-state index contributed by atoms with van der Waals surface area (Å²) in [5.41, 5.74) is 9.30. The fourth-order valence-corrected chi connectivity index (χ4v) is 3.63. The molecule has 0 radical (unpaired) electrons. The highest BCUT2D eigenvalue weighted by atomic mass is 14.8. The van der Waals surface area contributed by atoms with Crippen LogP contribution in [0, 0.1) is 6.92 Å². The van der Waals surface area contributed by atoms with Gasteiger partial charge in [-0.15, -0.1) is 0 Å². The van der Waals surface area contributed by atoms with Crippen molar-refractivity contribution in [2.24, 2.45) is 4.99 Å². The molecule has 0 amide bonds. The number of H-pyrrole nitrogens is 1. The van der Waals surface area contributed by atoms with E-state index in [0.717, 1.165) is 16.9 Å². The van der Waals surface area contributed by atoms with Gasteiger partial charge in [-0.1, -0.05) is 42.5 Å². The number of nitrogens with zero attached hydrogens (tertiary/aromatic N) is 1. The van der Waals surface area contributed by atoms with Crippen molar-refractivity contribution in [2.75, 3.05) is 19.4 Å². The SMILES string of the molecule is CN=C1C=CC(=C(c2ccc(NC)cc2)c2c(C)[nH]c3ccccc23)C=C1. The molecule has 1 aromatic heterocycles. The Kier molecular flexibility index (Phi) is 4.51. The summed E-state index contributed by atoms with van der Waals surface area (Å²) in [7, 11) is 3.76. The predicted molar refractivity (Wildman–Crippen MR) is 117 cm³/mol. The molecule has 27 heavy (non-hydrogen) atoms. The van der Waals surface area contributed by atoms with Crippen LogP contribution in [-0.4, -0.2) is 24.8 Å². The first kappa shape index (κ1) is 17.1. The van der Waals surface area contributed by atoms with E-state index in [4.69, 9.17) is 0 Å². The van der Waals surface area contributed by atoms with Gasteiger partial charge in [0.1, 0.15) is 0 Å². The highest BCUT2D eigenvalue weighted by molar-refractivity contribution is 6.08. The molecule has 0 unspecified atom stereocenters. The highest BCUT2D eigenvalue weighted by Gasteiger charge is 2.17. The molecule has 2 aromatic carbocycles. The molecule has 1 aliphatic rings. The number of aryl methyl sites for hydroxylation is 1. The van der Waals surface area contributed by atoms with Gasteiger partial charge in [0, 0.05) is 41.9 Å². The molecule has 0 aliphatic heterocycles. The van der Waals surface area contributed by atoms with Gasteiger partial charge in [0.2, 0.25) is 0 Å². The van der Waals surface area contributed by atoms with Crippen LogP contribution in [-0.2, 0) is 0 Å². The summed E-state index contributed by atoms with van der Waals surface area (Å²) in [6, 6.07) is 17.1. The van der Waals surface area contributed by atoms with Crippen molar-refractivity contribution < 1.29 is 0 Å². The molecule has 3 aromatic rings. The van der Waals surface area contributed by atoms with Crippen LogP contribution in [0.25, 0.3) is 16.5 Å². The monoisotopic (exact) mass is 353 g/mol. The van der Waals surface area contributed by atoms with E-state index >= 15 is 0 Å². The van der Waals surface area contributed by atoms with E-state index < -0.39 is 0 Å². The molecule has 4 rings (SSSR count). The van der Waals surface area contributed by atoms with Gasteiger partial charge >= 0.3 is 0 Å². The number of anilines is 1. The molecule has 1 aliphatic carbocycles. The summed E-state index contributed by atoms with van der Waals surface area (Å²) in [6.45, 7) is 2.15. The largest absolute Gasteiger partial charge is 0.388 e. The van der Waals surface area contributed by atoms with Gasteiger partial charge in [0.25, 0.3) is 0 Å². The first-order chi connectivity index (χ1) is 13.2. The van der Waals surface area contributed by atoms with Crippen LogP contribution in [0.2, 0.25) is 0 Å². The van der Waals surface area contributed by atoms with Crippen molar-refractivity contribution in [1.82, 2.24) is 4.98 Å². The second-order valence-corrected chi connectivity index (χ2v) is 6.64. The van der Waals surface area contributed by atoms with Crippen LogP contribution in [0.4, 0.5) is 5.69 Å². The first-order valence-corrected chi connectivity index (χ1v) is 9.14. The van der Waals surface area contributed by atoms with E-state index in [1.54, 1.807) is 0 Å². The van der Waals surface area contributed by atoms with Gasteiger partial charge in [-0.25, -0.2) is 0 Å². The molecule has 0 spiro atoms. The number of benzene rings is 2. The fourth-order valence-electron chi connectivity index (χ4n) is 3.63. The maximum atomic E-state index is 4.27. The Morgan fingerprint density at radius 3 is 2.30 bits per heavy atom. The van der Waals surface area contributed by atoms with Gasteiger partial charge in [-0.05, 0) is 54.0 Å². The second kappa shape index (κ2) is 7.12. The zero-order valence-electron chi connectivity index (χ0n) is 15.9. The standard InChI is InChI=1S/C24H23N3/c1-16-23(21-6-4-5-7-22(21)27-16)24(17-8-12-19(25-2)13-9-17)18-10-14-20(26-3)15-11-18/h4-15,25,27H,1-3H3. The van der Waals surface area contributed by atoms with Crippen LogP contribution in [0.15, 0.2) is 83.4 Å². The fraction of sp³-hybridized carbons (Fsp3) is 0.125. The van der Waals surface area contributed by atoms with E-state index in [-0.39, 0.29) is 0 Å². The number of aromatic nitrogens is 1. The zero-order valence-corrected chi connectivity index (χ0v) is 15.9. The average Bonchev–Trinajstić information content (AvgIpc) is 3.05. The summed E-state index contributed by atoms with van der Waals surface area (Å²) in [5, 5.41) is 4.44. The number of aliphatic imine (C=N–C) groups is 1. The van der Waals surface area contributed by atoms with E-state index in [9.17, 15) is 0 Å². The normalized spacial score (nSPS) is 13.3. The van der Waals surface area contributed by atoms with Crippen molar-refractivity contribution in [2.45, 2.75) is 6.92 Å². The molecule has 0 atom stereocenters. The van der Waals surface area contributed by atoms with E-state index in [0.29, 0.717) is 0 Å². The van der Waals surface area contributed by atoms with Crippen molar-refractivity contribution in [3.05, 3.63) is 95.2 Å². The number of allylic oxidation sites excluding steroid dienone is 5. The van der Waals surface area contributed by atoms with Crippen LogP contribution in [0.3, 0.4) is 0 Å². The van der Waals surface area contributed by atoms with Gasteiger partial charge in [0.05, 0.1) is 5.71 Å². The molecule has 134 valence electrons. The van der Waals surface area contributed by atoms with Crippen molar-refractivity contribution in [3.8, 4) is 0 Å². The summed E-state index contributed by atoms with van der Waals surface area (Å²) in [4.78, 5) is 7.81. The molecule has 1 heterocycles. The number of fused-ring (bicyclic) bond motifs is 1. The Morgan fingerprint density at radius 2 is 1.63 bits per heavy atom. The number of rotatable bonds is 3. The van der Waals surface area contributed by atoms with Crippen LogP contribution >= 0.6 is 0 Å². The van der Waals surface area contributed by atoms with Crippen LogP contribution in [0.1, 0.15) is 16.8 Å². The van der Waals surface area contributed by atoms with Crippen LogP contribution < -0.4 is 5.32 Å². The lowest BCUT2D eigenvalue weighted by Crippen LogP contribution is -1.99. The smallest absolute Gasteiger partial charge is 0.0571 e. The molecular formula is C24H23N3. The van der Waals surface area contributed by atoms with Gasteiger partial charge < -0.3 is 10.3 Å². The molecule has 0 bridgehead atoms. The molecule has 2 N–H and O–H groups in total. The predicted octanol–water partition coefficient (Wildman–Crippen LogP) is 5.52. The lowest BCUT2D eigenvalue weighted by atomic mass is 9.89. The number of para-hydroxylation sites is 1. The molecule has 0 saturated carbocycles. The van der Waals surface area contributed by atoms with Crippen molar-refractivity contribution in [1.29, 1.82) is 0 Å². The molecular weight excluding hydrogens is 330 g/mol. The summed E-state index contributed by atoms with van der Waals surface area (Å²) >= 11 is 0. The lowest BCUT2D eigenvalue weighted by molar-refractivity contribution is 1.28. The number of aromatic amines is 1. The zero-order chi connectivity index (χ0) is 18.8.